The molecular formula is C17H20FN3OS2. The number of thiazole rings is 1. The number of piperidine rings is 1. The zero-order valence-electron chi connectivity index (χ0n) is 13.3. The molecule has 0 aliphatic carbocycles. The van der Waals surface area contributed by atoms with Gasteiger partial charge in [-0.2, -0.15) is 0 Å². The van der Waals surface area contributed by atoms with Crippen LogP contribution in [0.3, 0.4) is 0 Å². The maximum Gasteiger partial charge on any atom is 0.192 e. The van der Waals surface area contributed by atoms with E-state index in [1.165, 1.54) is 42.5 Å². The minimum Gasteiger partial charge on any atom is -0.493 e. The third kappa shape index (κ3) is 3.38. The molecule has 1 saturated heterocycles. The summed E-state index contributed by atoms with van der Waals surface area (Å²) in [7, 11) is 0. The highest BCUT2D eigenvalue weighted by Gasteiger charge is 2.29. The molecule has 0 amide bonds. The van der Waals surface area contributed by atoms with Crippen LogP contribution in [0.2, 0.25) is 0 Å². The monoisotopic (exact) mass is 365 g/mol. The summed E-state index contributed by atoms with van der Waals surface area (Å²) in [5.41, 5.74) is 0.999. The summed E-state index contributed by atoms with van der Waals surface area (Å²) in [5.74, 6) is 0.622. The van der Waals surface area contributed by atoms with E-state index in [0.29, 0.717) is 11.5 Å². The lowest BCUT2D eigenvalue weighted by atomic mass is 9.96. The van der Waals surface area contributed by atoms with Crippen molar-refractivity contribution in [2.24, 2.45) is 0 Å². The summed E-state index contributed by atoms with van der Waals surface area (Å²) in [5, 5.41) is 2.66. The standard InChI is InChI=1S/C17H20FN3OS2/c18-13-10-12-14(21-6-2-1-3-7-21)4-8-22-15(12)11-16(13)24-20-17-19-5-9-23-17/h5,9-11,14H,1-4,6-8H2,(H,19,20). The second kappa shape index (κ2) is 7.29. The topological polar surface area (TPSA) is 37.4 Å². The normalized spacial score (nSPS) is 21.1. The summed E-state index contributed by atoms with van der Waals surface area (Å²) >= 11 is 2.74. The fraction of sp³-hybridized carbons (Fsp3) is 0.471. The van der Waals surface area contributed by atoms with Crippen LogP contribution in [-0.4, -0.2) is 29.6 Å². The van der Waals surface area contributed by atoms with Gasteiger partial charge in [-0.15, -0.1) is 11.3 Å². The van der Waals surface area contributed by atoms with Crippen LogP contribution in [0.25, 0.3) is 0 Å². The number of benzene rings is 1. The number of aromatic nitrogens is 1. The number of ether oxygens (including phenoxy) is 1. The third-order valence-electron chi connectivity index (χ3n) is 4.58. The Morgan fingerprint density at radius 1 is 1.29 bits per heavy atom. The Labute approximate surface area is 149 Å². The van der Waals surface area contributed by atoms with Crippen molar-refractivity contribution in [1.29, 1.82) is 0 Å². The summed E-state index contributed by atoms with van der Waals surface area (Å²) in [6, 6.07) is 3.78. The lowest BCUT2D eigenvalue weighted by Crippen LogP contribution is -2.36. The van der Waals surface area contributed by atoms with Crippen molar-refractivity contribution in [2.75, 3.05) is 24.4 Å². The summed E-state index contributed by atoms with van der Waals surface area (Å²) in [4.78, 5) is 7.18. The van der Waals surface area contributed by atoms with Gasteiger partial charge in [-0.25, -0.2) is 9.37 Å². The average Bonchev–Trinajstić information content (AvgIpc) is 3.14. The molecule has 128 valence electrons. The largest absolute Gasteiger partial charge is 0.493 e. The molecule has 1 aromatic heterocycles. The highest BCUT2D eigenvalue weighted by molar-refractivity contribution is 8.00. The van der Waals surface area contributed by atoms with Gasteiger partial charge in [0, 0.05) is 29.6 Å². The van der Waals surface area contributed by atoms with Crippen molar-refractivity contribution in [2.45, 2.75) is 36.6 Å². The zero-order chi connectivity index (χ0) is 16.4. The summed E-state index contributed by atoms with van der Waals surface area (Å²) in [6.07, 6.45) is 6.44. The average molecular weight is 365 g/mol. The Morgan fingerprint density at radius 2 is 2.17 bits per heavy atom. The Hall–Kier alpha value is -1.31. The van der Waals surface area contributed by atoms with Gasteiger partial charge in [0.2, 0.25) is 0 Å². The molecule has 4 rings (SSSR count). The predicted molar refractivity (Wildman–Crippen MR) is 96.3 cm³/mol. The Morgan fingerprint density at radius 3 is 2.96 bits per heavy atom. The number of hydrogen-bond acceptors (Lipinski definition) is 6. The number of anilines is 1. The van der Waals surface area contributed by atoms with Crippen LogP contribution in [0.4, 0.5) is 9.52 Å². The van der Waals surface area contributed by atoms with Gasteiger partial charge in [-0.3, -0.25) is 4.90 Å². The van der Waals surface area contributed by atoms with E-state index >= 15 is 0 Å². The number of fused-ring (bicyclic) bond motifs is 1. The molecule has 24 heavy (non-hydrogen) atoms. The SMILES string of the molecule is Fc1cc2c(cc1SNc1nccs1)OCCC2N1CCCCC1. The Bertz CT molecular complexity index is 689. The van der Waals surface area contributed by atoms with Gasteiger partial charge in [0.05, 0.1) is 11.5 Å². The molecule has 1 fully saturated rings. The van der Waals surface area contributed by atoms with Gasteiger partial charge in [0.1, 0.15) is 11.6 Å². The van der Waals surface area contributed by atoms with Gasteiger partial charge >= 0.3 is 0 Å². The molecule has 4 nitrogen and oxygen atoms in total. The number of hydrogen-bond donors (Lipinski definition) is 1. The maximum absolute atomic E-state index is 14.6. The van der Waals surface area contributed by atoms with E-state index in [1.807, 2.05) is 11.4 Å². The Kier molecular flexibility index (Phi) is 4.91. The first-order valence-corrected chi connectivity index (χ1v) is 10.0. The first-order valence-electron chi connectivity index (χ1n) is 8.34. The van der Waals surface area contributed by atoms with Gasteiger partial charge in [0.15, 0.2) is 5.13 Å². The van der Waals surface area contributed by atoms with Crippen molar-refractivity contribution < 1.29 is 9.13 Å². The number of nitrogens with one attached hydrogen (secondary N) is 1. The molecule has 1 N–H and O–H groups in total. The first-order chi connectivity index (χ1) is 11.8. The van der Waals surface area contributed by atoms with Gasteiger partial charge in [-0.1, -0.05) is 6.42 Å². The fourth-order valence-corrected chi connectivity index (χ4v) is 4.69. The number of halogens is 1. The fourth-order valence-electron chi connectivity index (χ4n) is 3.43. The Balaban J connectivity index is 1.55. The lowest BCUT2D eigenvalue weighted by molar-refractivity contribution is 0.119. The number of rotatable bonds is 4. The summed E-state index contributed by atoms with van der Waals surface area (Å²) in [6.45, 7) is 2.91. The first kappa shape index (κ1) is 16.2. The molecule has 7 heteroatoms. The molecule has 2 aromatic rings. The smallest absolute Gasteiger partial charge is 0.192 e. The van der Waals surface area contributed by atoms with Crippen LogP contribution in [-0.2, 0) is 0 Å². The van der Waals surface area contributed by atoms with Crippen molar-refractivity contribution in [3.05, 3.63) is 35.1 Å². The molecule has 1 unspecified atom stereocenters. The van der Waals surface area contributed by atoms with Crippen LogP contribution >= 0.6 is 23.3 Å². The molecule has 2 aliphatic rings. The minimum atomic E-state index is -0.199. The quantitative estimate of drug-likeness (QED) is 0.794. The van der Waals surface area contributed by atoms with E-state index in [9.17, 15) is 4.39 Å². The van der Waals surface area contributed by atoms with Crippen LogP contribution < -0.4 is 9.46 Å². The predicted octanol–water partition coefficient (Wildman–Crippen LogP) is 4.71. The van der Waals surface area contributed by atoms with Crippen molar-refractivity contribution >= 4 is 28.4 Å². The van der Waals surface area contributed by atoms with Crippen LogP contribution in [0.1, 0.15) is 37.3 Å². The molecule has 0 radical (unpaired) electrons. The van der Waals surface area contributed by atoms with Gasteiger partial charge in [-0.05, 0) is 50.0 Å². The highest BCUT2D eigenvalue weighted by Crippen LogP contribution is 2.40. The maximum atomic E-state index is 14.6. The van der Waals surface area contributed by atoms with Gasteiger partial charge in [0.25, 0.3) is 0 Å². The van der Waals surface area contributed by atoms with E-state index in [1.54, 1.807) is 12.3 Å². The van der Waals surface area contributed by atoms with E-state index in [2.05, 4.69) is 14.6 Å². The molecule has 1 aromatic carbocycles. The summed E-state index contributed by atoms with van der Waals surface area (Å²) < 4.78 is 23.5. The van der Waals surface area contributed by atoms with E-state index in [0.717, 1.165) is 36.0 Å². The van der Waals surface area contributed by atoms with Crippen molar-refractivity contribution in [1.82, 2.24) is 9.88 Å². The van der Waals surface area contributed by atoms with Crippen LogP contribution in [0.15, 0.2) is 28.6 Å². The number of likely N-dealkylation sites (tertiary alicyclic amines) is 1. The molecule has 2 aliphatic heterocycles. The molecular weight excluding hydrogens is 345 g/mol. The lowest BCUT2D eigenvalue weighted by Gasteiger charge is -2.38. The molecule has 3 heterocycles. The second-order valence-corrected chi connectivity index (χ2v) is 7.85. The third-order valence-corrected chi connectivity index (χ3v) is 6.23. The second-order valence-electron chi connectivity index (χ2n) is 6.11. The zero-order valence-corrected chi connectivity index (χ0v) is 15.0. The molecule has 0 bridgehead atoms. The van der Waals surface area contributed by atoms with Crippen molar-refractivity contribution in [3.8, 4) is 5.75 Å². The van der Waals surface area contributed by atoms with Crippen molar-refractivity contribution in [3.63, 3.8) is 0 Å². The van der Waals surface area contributed by atoms with Gasteiger partial charge < -0.3 is 9.46 Å². The molecule has 0 saturated carbocycles. The molecule has 1 atom stereocenters. The van der Waals surface area contributed by atoms with E-state index in [-0.39, 0.29) is 11.9 Å². The van der Waals surface area contributed by atoms with Crippen LogP contribution in [0.5, 0.6) is 5.75 Å². The number of nitrogens with zero attached hydrogens (tertiary/aromatic N) is 2. The van der Waals surface area contributed by atoms with E-state index in [4.69, 9.17) is 4.74 Å². The highest BCUT2D eigenvalue weighted by atomic mass is 32.2. The molecule has 0 spiro atoms. The van der Waals surface area contributed by atoms with Crippen LogP contribution in [0, 0.1) is 5.82 Å². The minimum absolute atomic E-state index is 0.199. The van der Waals surface area contributed by atoms with E-state index < -0.39 is 0 Å².